The van der Waals surface area contributed by atoms with Crippen LogP contribution in [-0.4, -0.2) is 53.4 Å². The topological polar surface area (TPSA) is 103 Å². The Hall–Kier alpha value is -3.33. The molecule has 0 saturated carbocycles. The van der Waals surface area contributed by atoms with E-state index in [-0.39, 0.29) is 11.9 Å². The molecule has 1 N–H and O–H groups in total. The molecule has 1 aliphatic heterocycles. The number of benzene rings is 1. The highest BCUT2D eigenvalue weighted by Crippen LogP contribution is 2.36. The van der Waals surface area contributed by atoms with Crippen molar-refractivity contribution in [1.29, 1.82) is 0 Å². The molecule has 10 heteroatoms. The van der Waals surface area contributed by atoms with Crippen LogP contribution in [0.4, 0.5) is 10.5 Å². The van der Waals surface area contributed by atoms with E-state index in [0.29, 0.717) is 52.7 Å². The summed E-state index contributed by atoms with van der Waals surface area (Å²) < 4.78 is 16.0. The number of aromatic nitrogens is 3. The Morgan fingerprint density at radius 2 is 1.97 bits per heavy atom. The summed E-state index contributed by atoms with van der Waals surface area (Å²) in [5, 5.41) is 7.29. The number of nitrogens with zero attached hydrogens (tertiary/aromatic N) is 4. The van der Waals surface area contributed by atoms with E-state index in [9.17, 15) is 4.79 Å². The molecule has 0 atom stereocenters. The van der Waals surface area contributed by atoms with Gasteiger partial charge in [0.25, 0.3) is 0 Å². The Morgan fingerprint density at radius 1 is 1.19 bits per heavy atom. The van der Waals surface area contributed by atoms with Crippen molar-refractivity contribution < 1.29 is 18.8 Å². The summed E-state index contributed by atoms with van der Waals surface area (Å²) in [5.74, 6) is 2.09. The van der Waals surface area contributed by atoms with Crippen LogP contribution in [0.25, 0.3) is 11.5 Å². The zero-order valence-corrected chi connectivity index (χ0v) is 17.9. The van der Waals surface area contributed by atoms with E-state index >= 15 is 0 Å². The minimum Gasteiger partial charge on any atom is -0.495 e. The lowest BCUT2D eigenvalue weighted by molar-refractivity contribution is 0.187. The maximum atomic E-state index is 12.8. The van der Waals surface area contributed by atoms with Gasteiger partial charge in [-0.25, -0.2) is 4.79 Å². The Labute approximate surface area is 184 Å². The average molecular weight is 444 g/mol. The van der Waals surface area contributed by atoms with Crippen molar-refractivity contribution >= 4 is 23.3 Å². The van der Waals surface area contributed by atoms with Gasteiger partial charge in [-0.05, 0) is 31.0 Å². The number of pyridine rings is 1. The van der Waals surface area contributed by atoms with Gasteiger partial charge in [0, 0.05) is 31.3 Å². The minimum absolute atomic E-state index is 0.0963. The molecule has 0 unspecified atom stereocenters. The van der Waals surface area contributed by atoms with Gasteiger partial charge in [0.05, 0.1) is 24.9 Å². The van der Waals surface area contributed by atoms with E-state index in [2.05, 4.69) is 20.4 Å². The third kappa shape index (κ3) is 4.56. The van der Waals surface area contributed by atoms with Gasteiger partial charge >= 0.3 is 6.03 Å². The normalized spacial score (nSPS) is 14.4. The summed E-state index contributed by atoms with van der Waals surface area (Å²) in [5.41, 5.74) is 1.15. The van der Waals surface area contributed by atoms with Crippen LogP contribution in [0.15, 0.2) is 41.1 Å². The summed E-state index contributed by atoms with van der Waals surface area (Å²) in [6.07, 6.45) is 3.13. The first-order chi connectivity index (χ1) is 15.1. The lowest BCUT2D eigenvalue weighted by Crippen LogP contribution is -2.40. The SMILES string of the molecule is COc1cc(OC)c(NC(=O)N2CCC(c3nc(-c4ccccn4)no3)CC2)cc1Cl. The number of piperidine rings is 1. The molecule has 31 heavy (non-hydrogen) atoms. The van der Waals surface area contributed by atoms with Gasteiger partial charge < -0.3 is 24.2 Å². The molecule has 4 rings (SSSR count). The maximum Gasteiger partial charge on any atom is 0.321 e. The van der Waals surface area contributed by atoms with E-state index in [1.165, 1.54) is 14.2 Å². The monoisotopic (exact) mass is 443 g/mol. The zero-order chi connectivity index (χ0) is 21.8. The van der Waals surface area contributed by atoms with E-state index in [1.54, 1.807) is 23.2 Å². The molecule has 1 fully saturated rings. The van der Waals surface area contributed by atoms with Crippen molar-refractivity contribution in [2.75, 3.05) is 32.6 Å². The molecule has 162 valence electrons. The molecular formula is C21H22ClN5O4. The standard InChI is InChI=1S/C21H22ClN5O4/c1-29-17-12-18(30-2)16(11-14(17)22)24-21(28)27-9-6-13(7-10-27)20-25-19(26-31-20)15-5-3-4-8-23-15/h3-5,8,11-13H,6-7,9-10H2,1-2H3,(H,24,28). The summed E-state index contributed by atoms with van der Waals surface area (Å²) in [6.45, 7) is 1.12. The number of nitrogens with one attached hydrogen (secondary N) is 1. The molecular weight excluding hydrogens is 422 g/mol. The van der Waals surface area contributed by atoms with Crippen LogP contribution in [0.1, 0.15) is 24.7 Å². The number of urea groups is 1. The highest BCUT2D eigenvalue weighted by atomic mass is 35.5. The van der Waals surface area contributed by atoms with E-state index in [1.807, 2.05) is 18.2 Å². The molecule has 3 heterocycles. The van der Waals surface area contributed by atoms with Crippen LogP contribution in [0.5, 0.6) is 11.5 Å². The lowest BCUT2D eigenvalue weighted by Gasteiger charge is -2.30. The number of methoxy groups -OCH3 is 2. The first-order valence-corrected chi connectivity index (χ1v) is 10.2. The quantitative estimate of drug-likeness (QED) is 0.629. The fraction of sp³-hybridized carbons (Fsp3) is 0.333. The number of hydrogen-bond donors (Lipinski definition) is 1. The van der Waals surface area contributed by atoms with Crippen LogP contribution in [0.3, 0.4) is 0 Å². The van der Waals surface area contributed by atoms with Gasteiger partial charge in [-0.3, -0.25) is 4.98 Å². The van der Waals surface area contributed by atoms with Crippen molar-refractivity contribution in [3.63, 3.8) is 0 Å². The van der Waals surface area contributed by atoms with Crippen molar-refractivity contribution in [1.82, 2.24) is 20.0 Å². The van der Waals surface area contributed by atoms with Crippen LogP contribution in [0.2, 0.25) is 5.02 Å². The summed E-state index contributed by atoms with van der Waals surface area (Å²) >= 11 is 6.19. The second-order valence-electron chi connectivity index (χ2n) is 7.05. The molecule has 0 spiro atoms. The predicted molar refractivity (Wildman–Crippen MR) is 115 cm³/mol. The summed E-state index contributed by atoms with van der Waals surface area (Å²) in [6, 6.07) is 8.57. The number of hydrogen-bond acceptors (Lipinski definition) is 7. The zero-order valence-electron chi connectivity index (χ0n) is 17.2. The van der Waals surface area contributed by atoms with Crippen molar-refractivity contribution in [3.05, 3.63) is 47.4 Å². The summed E-state index contributed by atoms with van der Waals surface area (Å²) in [4.78, 5) is 23.2. The van der Waals surface area contributed by atoms with E-state index in [4.69, 9.17) is 25.6 Å². The second kappa shape index (κ2) is 9.22. The third-order valence-corrected chi connectivity index (χ3v) is 5.48. The van der Waals surface area contributed by atoms with Crippen molar-refractivity contribution in [3.8, 4) is 23.0 Å². The Morgan fingerprint density at radius 3 is 2.65 bits per heavy atom. The Kier molecular flexibility index (Phi) is 6.22. The van der Waals surface area contributed by atoms with Crippen LogP contribution < -0.4 is 14.8 Å². The molecule has 0 bridgehead atoms. The number of rotatable bonds is 5. The van der Waals surface area contributed by atoms with Gasteiger partial charge in [-0.1, -0.05) is 22.8 Å². The van der Waals surface area contributed by atoms with Gasteiger partial charge in [-0.15, -0.1) is 0 Å². The molecule has 3 aromatic rings. The first-order valence-electron chi connectivity index (χ1n) is 9.81. The van der Waals surface area contributed by atoms with Crippen LogP contribution in [-0.2, 0) is 0 Å². The van der Waals surface area contributed by atoms with E-state index < -0.39 is 0 Å². The third-order valence-electron chi connectivity index (χ3n) is 5.18. The number of ether oxygens (including phenoxy) is 2. The predicted octanol–water partition coefficient (Wildman–Crippen LogP) is 4.21. The molecule has 2 aromatic heterocycles. The fourth-order valence-electron chi connectivity index (χ4n) is 3.48. The number of carbonyl (C=O) groups excluding carboxylic acids is 1. The minimum atomic E-state index is -0.224. The highest BCUT2D eigenvalue weighted by molar-refractivity contribution is 6.32. The Balaban J connectivity index is 1.38. The average Bonchev–Trinajstić information content (AvgIpc) is 3.30. The number of anilines is 1. The number of carbonyl (C=O) groups is 1. The van der Waals surface area contributed by atoms with Gasteiger partial charge in [0.2, 0.25) is 11.7 Å². The van der Waals surface area contributed by atoms with Crippen molar-refractivity contribution in [2.24, 2.45) is 0 Å². The molecule has 9 nitrogen and oxygen atoms in total. The van der Waals surface area contributed by atoms with Crippen LogP contribution in [0, 0.1) is 0 Å². The highest BCUT2D eigenvalue weighted by Gasteiger charge is 2.28. The smallest absolute Gasteiger partial charge is 0.321 e. The summed E-state index contributed by atoms with van der Waals surface area (Å²) in [7, 11) is 3.04. The van der Waals surface area contributed by atoms with Gasteiger partial charge in [0.15, 0.2) is 0 Å². The number of likely N-dealkylation sites (tertiary alicyclic amines) is 1. The molecule has 1 saturated heterocycles. The molecule has 1 aliphatic rings. The van der Waals surface area contributed by atoms with Crippen LogP contribution >= 0.6 is 11.6 Å². The molecule has 0 aliphatic carbocycles. The number of amides is 2. The maximum absolute atomic E-state index is 12.8. The number of halogens is 1. The largest absolute Gasteiger partial charge is 0.495 e. The molecule has 1 aromatic carbocycles. The fourth-order valence-corrected chi connectivity index (χ4v) is 3.72. The first kappa shape index (κ1) is 20.9. The molecule has 2 amide bonds. The van der Waals surface area contributed by atoms with Gasteiger partial charge in [0.1, 0.15) is 17.2 Å². The van der Waals surface area contributed by atoms with E-state index in [0.717, 1.165) is 12.8 Å². The second-order valence-corrected chi connectivity index (χ2v) is 7.46. The van der Waals surface area contributed by atoms with Crippen molar-refractivity contribution in [2.45, 2.75) is 18.8 Å². The Bertz CT molecular complexity index is 1050. The lowest BCUT2D eigenvalue weighted by atomic mass is 9.97. The molecule has 0 radical (unpaired) electrons. The van der Waals surface area contributed by atoms with Gasteiger partial charge in [-0.2, -0.15) is 4.98 Å².